The number of nitrogens with zero attached hydrogens (tertiary/aromatic N) is 1. The highest BCUT2D eigenvalue weighted by Crippen LogP contribution is 2.30. The van der Waals surface area contributed by atoms with E-state index in [1.807, 2.05) is 29.2 Å². The molecule has 136 valence electrons. The lowest BCUT2D eigenvalue weighted by molar-refractivity contribution is -0.0362. The zero-order valence-corrected chi connectivity index (χ0v) is 14.5. The summed E-state index contributed by atoms with van der Waals surface area (Å²) in [5.74, 6) is 0.758. The molecule has 3 atom stereocenters. The molecule has 1 aliphatic carbocycles. The minimum Gasteiger partial charge on any atom is -0.491 e. The molecule has 0 radical (unpaired) electrons. The Morgan fingerprint density at radius 1 is 1.20 bits per heavy atom. The van der Waals surface area contributed by atoms with E-state index in [0.29, 0.717) is 19.8 Å². The van der Waals surface area contributed by atoms with E-state index < -0.39 is 0 Å². The van der Waals surface area contributed by atoms with Crippen molar-refractivity contribution in [2.75, 3.05) is 31.7 Å². The van der Waals surface area contributed by atoms with Gasteiger partial charge in [-0.05, 0) is 44.2 Å². The Kier molecular flexibility index (Phi) is 5.08. The van der Waals surface area contributed by atoms with E-state index >= 15 is 0 Å². The standard InChI is InChI=1S/C19H26N2O4/c22-19(21-9-11-24-18-8-2-7-17(18)21)20-14-4-1-5-15(12-14)25-13-16-6-3-10-23-16/h1,4-5,12,16-18H,2-3,6-11,13H2,(H,20,22)/t16-,17-,18+/m0/s1. The second kappa shape index (κ2) is 7.62. The van der Waals surface area contributed by atoms with Gasteiger partial charge in [-0.15, -0.1) is 0 Å². The maximum atomic E-state index is 12.7. The van der Waals surface area contributed by atoms with Gasteiger partial charge in [-0.1, -0.05) is 6.07 Å². The van der Waals surface area contributed by atoms with Gasteiger partial charge in [0.05, 0.1) is 24.9 Å². The number of urea groups is 1. The van der Waals surface area contributed by atoms with Crippen molar-refractivity contribution >= 4 is 11.7 Å². The number of hydrogen-bond donors (Lipinski definition) is 1. The van der Waals surface area contributed by atoms with Crippen LogP contribution in [0.3, 0.4) is 0 Å². The van der Waals surface area contributed by atoms with Crippen molar-refractivity contribution in [1.29, 1.82) is 0 Å². The molecule has 2 amide bonds. The minimum absolute atomic E-state index is 0.0449. The average Bonchev–Trinajstić information content (AvgIpc) is 3.31. The Hall–Kier alpha value is -1.79. The Morgan fingerprint density at radius 2 is 2.16 bits per heavy atom. The van der Waals surface area contributed by atoms with Gasteiger partial charge in [0, 0.05) is 24.9 Å². The number of hydrogen-bond acceptors (Lipinski definition) is 4. The van der Waals surface area contributed by atoms with Crippen LogP contribution in [0.25, 0.3) is 0 Å². The molecule has 0 bridgehead atoms. The molecule has 3 aliphatic rings. The third kappa shape index (κ3) is 3.90. The number of fused-ring (bicyclic) bond motifs is 1. The van der Waals surface area contributed by atoms with Crippen LogP contribution in [0, 0.1) is 0 Å². The largest absolute Gasteiger partial charge is 0.491 e. The van der Waals surface area contributed by atoms with Crippen molar-refractivity contribution in [3.63, 3.8) is 0 Å². The number of morpholine rings is 1. The van der Waals surface area contributed by atoms with Crippen LogP contribution in [-0.4, -0.2) is 55.5 Å². The molecule has 1 N–H and O–H groups in total. The second-order valence-electron chi connectivity index (χ2n) is 7.00. The zero-order valence-electron chi connectivity index (χ0n) is 14.5. The molecular weight excluding hydrogens is 320 g/mol. The zero-order chi connectivity index (χ0) is 17.1. The molecule has 1 aromatic carbocycles. The van der Waals surface area contributed by atoms with Crippen LogP contribution in [0.5, 0.6) is 5.75 Å². The van der Waals surface area contributed by atoms with Gasteiger partial charge in [0.15, 0.2) is 0 Å². The molecule has 2 saturated heterocycles. The quantitative estimate of drug-likeness (QED) is 0.910. The topological polar surface area (TPSA) is 60.0 Å². The van der Waals surface area contributed by atoms with Crippen molar-refractivity contribution < 1.29 is 19.0 Å². The summed E-state index contributed by atoms with van der Waals surface area (Å²) >= 11 is 0. The third-order valence-corrected chi connectivity index (χ3v) is 5.29. The van der Waals surface area contributed by atoms with E-state index in [-0.39, 0.29) is 24.3 Å². The molecular formula is C19H26N2O4. The average molecular weight is 346 g/mol. The molecule has 1 aromatic rings. The molecule has 2 heterocycles. The van der Waals surface area contributed by atoms with E-state index in [9.17, 15) is 4.79 Å². The van der Waals surface area contributed by atoms with Gasteiger partial charge < -0.3 is 24.4 Å². The van der Waals surface area contributed by atoms with E-state index in [4.69, 9.17) is 14.2 Å². The van der Waals surface area contributed by atoms with Gasteiger partial charge in [0.2, 0.25) is 0 Å². The van der Waals surface area contributed by atoms with Crippen LogP contribution in [0.15, 0.2) is 24.3 Å². The SMILES string of the molecule is O=C(Nc1cccc(OC[C@@H]2CCCO2)c1)N1CCO[C@@H]2CCC[C@@H]21. The summed E-state index contributed by atoms with van der Waals surface area (Å²) in [6.45, 7) is 2.66. The molecule has 2 aliphatic heterocycles. The number of carbonyl (C=O) groups excluding carboxylic acids is 1. The Labute approximate surface area is 148 Å². The van der Waals surface area contributed by atoms with E-state index in [1.54, 1.807) is 0 Å². The highest BCUT2D eigenvalue weighted by molar-refractivity contribution is 5.89. The first-order chi connectivity index (χ1) is 12.3. The lowest BCUT2D eigenvalue weighted by Crippen LogP contribution is -2.52. The number of carbonyl (C=O) groups is 1. The van der Waals surface area contributed by atoms with Crippen molar-refractivity contribution in [3.8, 4) is 5.75 Å². The molecule has 4 rings (SSSR count). The van der Waals surface area contributed by atoms with E-state index in [0.717, 1.165) is 50.1 Å². The van der Waals surface area contributed by atoms with Gasteiger partial charge in [-0.25, -0.2) is 4.79 Å². The maximum absolute atomic E-state index is 12.7. The van der Waals surface area contributed by atoms with Crippen LogP contribution in [-0.2, 0) is 9.47 Å². The predicted octanol–water partition coefficient (Wildman–Crippen LogP) is 3.03. The van der Waals surface area contributed by atoms with Crippen LogP contribution in [0.4, 0.5) is 10.5 Å². The number of ether oxygens (including phenoxy) is 3. The van der Waals surface area contributed by atoms with Crippen molar-refractivity contribution in [2.45, 2.75) is 50.4 Å². The van der Waals surface area contributed by atoms with E-state index in [2.05, 4.69) is 5.32 Å². The molecule has 25 heavy (non-hydrogen) atoms. The number of nitrogens with one attached hydrogen (secondary N) is 1. The summed E-state index contributed by atoms with van der Waals surface area (Å²) in [5, 5.41) is 3.01. The highest BCUT2D eigenvalue weighted by Gasteiger charge is 2.38. The van der Waals surface area contributed by atoms with Crippen molar-refractivity contribution in [2.24, 2.45) is 0 Å². The molecule has 1 saturated carbocycles. The molecule has 6 heteroatoms. The number of benzene rings is 1. The first-order valence-electron chi connectivity index (χ1n) is 9.33. The van der Waals surface area contributed by atoms with Crippen LogP contribution < -0.4 is 10.1 Å². The van der Waals surface area contributed by atoms with E-state index in [1.165, 1.54) is 0 Å². The van der Waals surface area contributed by atoms with Gasteiger partial charge in [-0.3, -0.25) is 0 Å². The molecule has 0 aromatic heterocycles. The molecule has 3 fully saturated rings. The van der Waals surface area contributed by atoms with Crippen molar-refractivity contribution in [3.05, 3.63) is 24.3 Å². The van der Waals surface area contributed by atoms with Gasteiger partial charge in [0.1, 0.15) is 12.4 Å². The maximum Gasteiger partial charge on any atom is 0.322 e. The summed E-state index contributed by atoms with van der Waals surface area (Å²) in [4.78, 5) is 14.6. The van der Waals surface area contributed by atoms with Crippen molar-refractivity contribution in [1.82, 2.24) is 4.90 Å². The Balaban J connectivity index is 1.35. The predicted molar refractivity (Wildman–Crippen MR) is 94.0 cm³/mol. The summed E-state index contributed by atoms with van der Waals surface area (Å²) in [5.41, 5.74) is 0.760. The number of rotatable bonds is 4. The molecule has 0 spiro atoms. The number of amides is 2. The highest BCUT2D eigenvalue weighted by atomic mass is 16.5. The van der Waals surface area contributed by atoms with Gasteiger partial charge >= 0.3 is 6.03 Å². The Morgan fingerprint density at radius 3 is 3.04 bits per heavy atom. The molecule has 6 nitrogen and oxygen atoms in total. The summed E-state index contributed by atoms with van der Waals surface area (Å²) in [6, 6.07) is 7.75. The summed E-state index contributed by atoms with van der Waals surface area (Å²) < 4.78 is 17.2. The lowest BCUT2D eigenvalue weighted by atomic mass is 10.1. The third-order valence-electron chi connectivity index (χ3n) is 5.29. The van der Waals surface area contributed by atoms with Gasteiger partial charge in [0.25, 0.3) is 0 Å². The fourth-order valence-electron chi connectivity index (χ4n) is 4.00. The smallest absolute Gasteiger partial charge is 0.322 e. The van der Waals surface area contributed by atoms with Gasteiger partial charge in [-0.2, -0.15) is 0 Å². The summed E-state index contributed by atoms with van der Waals surface area (Å²) in [7, 11) is 0. The van der Waals surface area contributed by atoms with Crippen LogP contribution >= 0.6 is 0 Å². The first-order valence-corrected chi connectivity index (χ1v) is 9.33. The monoisotopic (exact) mass is 346 g/mol. The lowest BCUT2D eigenvalue weighted by Gasteiger charge is -2.37. The number of anilines is 1. The van der Waals surface area contributed by atoms with Crippen LogP contribution in [0.2, 0.25) is 0 Å². The summed E-state index contributed by atoms with van der Waals surface area (Å²) in [6.07, 6.45) is 5.77. The normalized spacial score (nSPS) is 28.6. The first kappa shape index (κ1) is 16.7. The minimum atomic E-state index is -0.0449. The second-order valence-corrected chi connectivity index (χ2v) is 7.00. The Bertz CT molecular complexity index is 603. The van der Waals surface area contributed by atoms with Crippen LogP contribution in [0.1, 0.15) is 32.1 Å². The molecule has 0 unspecified atom stereocenters. The fourth-order valence-corrected chi connectivity index (χ4v) is 4.00. The fraction of sp³-hybridized carbons (Fsp3) is 0.632.